The fourth-order valence-electron chi connectivity index (χ4n) is 5.72. The Morgan fingerprint density at radius 3 is 1.53 bits per heavy atom. The van der Waals surface area contributed by atoms with Crippen molar-refractivity contribution in [2.75, 3.05) is 41.0 Å². The first-order valence-corrected chi connectivity index (χ1v) is 22.6. The van der Waals surface area contributed by atoms with Crippen LogP contribution in [0.15, 0.2) is 122 Å². The molecule has 60 heavy (non-hydrogen) atoms. The predicted octanol–water partition coefficient (Wildman–Crippen LogP) is 12.6. The van der Waals surface area contributed by atoms with Crippen LogP contribution >= 0.6 is 0 Å². The molecule has 0 radical (unpaired) electrons. The second-order valence-corrected chi connectivity index (χ2v) is 15.7. The lowest BCUT2D eigenvalue weighted by Gasteiger charge is -2.31. The van der Waals surface area contributed by atoms with E-state index in [1.807, 2.05) is 69.8 Å². The number of aliphatic carboxylic acids is 1. The Kier molecular flexibility index (Phi) is 38.5. The molecule has 0 aliphatic rings. The summed E-state index contributed by atoms with van der Waals surface area (Å²) >= 11 is 0. The Morgan fingerprint density at radius 2 is 1.00 bits per heavy atom. The van der Waals surface area contributed by atoms with Crippen LogP contribution in [-0.2, 0) is 28.6 Å². The van der Waals surface area contributed by atoms with Crippen molar-refractivity contribution in [2.24, 2.45) is 0 Å². The fraction of sp³-hybridized carbons (Fsp3) is 0.558. The number of quaternary nitrogens is 1. The van der Waals surface area contributed by atoms with E-state index in [-0.39, 0.29) is 49.1 Å². The van der Waals surface area contributed by atoms with E-state index in [4.69, 9.17) is 14.2 Å². The van der Waals surface area contributed by atoms with E-state index < -0.39 is 18.1 Å². The average Bonchev–Trinajstić information content (AvgIpc) is 3.21. The van der Waals surface area contributed by atoms with Crippen LogP contribution in [0.1, 0.15) is 136 Å². The number of carbonyl (C=O) groups excluding carboxylic acids is 2. The summed E-state index contributed by atoms with van der Waals surface area (Å²) in [7, 11) is 5.48. The van der Waals surface area contributed by atoms with Crippen molar-refractivity contribution in [1.82, 2.24) is 0 Å². The number of nitrogens with zero attached hydrogens (tertiary/aromatic N) is 1. The number of rotatable bonds is 38. The topological polar surface area (TPSA) is 99.1 Å². The van der Waals surface area contributed by atoms with Crippen molar-refractivity contribution in [1.29, 1.82) is 0 Å². The molecule has 1 N–H and O–H groups in total. The normalized spacial score (nSPS) is 14.1. The van der Waals surface area contributed by atoms with Crippen LogP contribution < -0.4 is 0 Å². The number of carbonyl (C=O) groups is 3. The molecule has 0 aromatic heterocycles. The molecule has 0 spiro atoms. The van der Waals surface area contributed by atoms with Gasteiger partial charge in [-0.15, -0.1) is 0 Å². The van der Waals surface area contributed by atoms with Crippen LogP contribution in [0.2, 0.25) is 0 Å². The summed E-state index contributed by atoms with van der Waals surface area (Å²) in [5.41, 5.74) is 0. The Labute approximate surface area is 365 Å². The maximum Gasteiger partial charge on any atom is 0.362 e. The molecule has 0 saturated heterocycles. The maximum atomic E-state index is 12.7. The molecule has 0 amide bonds. The van der Waals surface area contributed by atoms with E-state index in [0.717, 1.165) is 64.2 Å². The van der Waals surface area contributed by atoms with E-state index in [1.165, 1.54) is 25.7 Å². The molecular formula is C52H82NO7+. The lowest BCUT2D eigenvalue weighted by Crippen LogP contribution is -2.50. The van der Waals surface area contributed by atoms with Crippen LogP contribution in [0.5, 0.6) is 0 Å². The van der Waals surface area contributed by atoms with E-state index >= 15 is 0 Å². The first kappa shape index (κ1) is 55.7. The highest BCUT2D eigenvalue weighted by Crippen LogP contribution is 2.11. The quantitative estimate of drug-likeness (QED) is 0.0217. The molecule has 0 bridgehead atoms. The van der Waals surface area contributed by atoms with Gasteiger partial charge in [0, 0.05) is 19.3 Å². The van der Waals surface area contributed by atoms with Gasteiger partial charge < -0.3 is 23.8 Å². The summed E-state index contributed by atoms with van der Waals surface area (Å²) in [5.74, 6) is -1.60. The number of likely N-dealkylation sites (N-methyl/N-ethyl adjacent to an activating group) is 1. The minimum Gasteiger partial charge on any atom is -0.477 e. The largest absolute Gasteiger partial charge is 0.477 e. The number of esters is 2. The van der Waals surface area contributed by atoms with Gasteiger partial charge in [0.15, 0.2) is 12.1 Å². The third-order valence-electron chi connectivity index (χ3n) is 9.22. The van der Waals surface area contributed by atoms with Crippen molar-refractivity contribution in [3.8, 4) is 0 Å². The lowest BCUT2D eigenvalue weighted by atomic mass is 10.1. The summed E-state index contributed by atoms with van der Waals surface area (Å²) in [6, 6.07) is -0.638. The molecule has 0 fully saturated rings. The van der Waals surface area contributed by atoms with Gasteiger partial charge in [-0.3, -0.25) is 9.59 Å². The molecule has 2 unspecified atom stereocenters. The van der Waals surface area contributed by atoms with Crippen LogP contribution in [0.4, 0.5) is 0 Å². The van der Waals surface area contributed by atoms with Crippen molar-refractivity contribution in [3.63, 3.8) is 0 Å². The van der Waals surface area contributed by atoms with Gasteiger partial charge in [0.05, 0.1) is 34.4 Å². The summed E-state index contributed by atoms with van der Waals surface area (Å²) in [5, 5.41) is 9.62. The number of hydrogen-bond donors (Lipinski definition) is 1. The van der Waals surface area contributed by atoms with Crippen LogP contribution in [0.25, 0.3) is 0 Å². The average molecular weight is 833 g/mol. The highest BCUT2D eigenvalue weighted by atomic mass is 16.6. The molecule has 0 saturated carbocycles. The van der Waals surface area contributed by atoms with Gasteiger partial charge in [0.1, 0.15) is 6.61 Å². The van der Waals surface area contributed by atoms with E-state index in [1.54, 1.807) is 0 Å². The molecule has 0 aromatic carbocycles. The zero-order chi connectivity index (χ0) is 44.2. The maximum absolute atomic E-state index is 12.7. The van der Waals surface area contributed by atoms with Gasteiger partial charge in [-0.25, -0.2) is 4.79 Å². The van der Waals surface area contributed by atoms with Crippen LogP contribution in [0, 0.1) is 0 Å². The van der Waals surface area contributed by atoms with Crippen molar-refractivity contribution in [3.05, 3.63) is 122 Å². The monoisotopic (exact) mass is 833 g/mol. The molecule has 0 aliphatic heterocycles. The molecular weight excluding hydrogens is 751 g/mol. The fourth-order valence-corrected chi connectivity index (χ4v) is 5.72. The van der Waals surface area contributed by atoms with Crippen LogP contribution in [-0.4, -0.2) is 80.6 Å². The highest BCUT2D eigenvalue weighted by Gasteiger charge is 2.31. The van der Waals surface area contributed by atoms with Gasteiger partial charge in [-0.2, -0.15) is 0 Å². The van der Waals surface area contributed by atoms with E-state index in [0.29, 0.717) is 19.3 Å². The van der Waals surface area contributed by atoms with Gasteiger partial charge in [-0.1, -0.05) is 155 Å². The van der Waals surface area contributed by atoms with Crippen LogP contribution in [0.3, 0.4) is 0 Å². The summed E-state index contributed by atoms with van der Waals surface area (Å²) in [6.45, 7) is 4.44. The molecule has 8 nitrogen and oxygen atoms in total. The second-order valence-electron chi connectivity index (χ2n) is 15.7. The Balaban J connectivity index is 4.51. The van der Waals surface area contributed by atoms with Crippen molar-refractivity contribution in [2.45, 2.75) is 148 Å². The van der Waals surface area contributed by atoms with E-state index in [2.05, 4.69) is 86.8 Å². The SMILES string of the molecule is CC/C=C/C=C/C=C/C=C/C=C/CCCCCC(=O)OC(COCCC(C(=O)O)[N+](C)(C)C)COC(=O)CCCC/C=C/C/C=C/C/C=C/C/C=C/C/C=C/CCCCC. The Morgan fingerprint density at radius 1 is 0.533 bits per heavy atom. The molecule has 0 heterocycles. The van der Waals surface area contributed by atoms with Gasteiger partial charge >= 0.3 is 17.9 Å². The summed E-state index contributed by atoms with van der Waals surface area (Å²) in [6.07, 6.45) is 58.2. The minimum atomic E-state index is -0.895. The second kappa shape index (κ2) is 41.5. The highest BCUT2D eigenvalue weighted by molar-refractivity contribution is 5.72. The first-order valence-electron chi connectivity index (χ1n) is 22.6. The molecule has 0 rings (SSSR count). The number of ether oxygens (including phenoxy) is 3. The molecule has 8 heteroatoms. The molecule has 2 atom stereocenters. The lowest BCUT2D eigenvalue weighted by molar-refractivity contribution is -0.887. The molecule has 336 valence electrons. The predicted molar refractivity (Wildman–Crippen MR) is 252 cm³/mol. The number of unbranched alkanes of at least 4 members (excludes halogenated alkanes) is 8. The summed E-state index contributed by atoms with van der Waals surface area (Å²) in [4.78, 5) is 37.0. The third kappa shape index (κ3) is 39.2. The zero-order valence-electron chi connectivity index (χ0n) is 38.1. The van der Waals surface area contributed by atoms with Gasteiger partial charge in [0.25, 0.3) is 0 Å². The van der Waals surface area contributed by atoms with Crippen molar-refractivity contribution < 1.29 is 38.2 Å². The number of carboxylic acids is 1. The Bertz CT molecular complexity index is 1390. The number of allylic oxidation sites excluding steroid dienone is 20. The van der Waals surface area contributed by atoms with E-state index in [9.17, 15) is 19.5 Å². The molecule has 0 aromatic rings. The third-order valence-corrected chi connectivity index (χ3v) is 9.22. The summed E-state index contributed by atoms with van der Waals surface area (Å²) < 4.78 is 17.2. The smallest absolute Gasteiger partial charge is 0.362 e. The zero-order valence-corrected chi connectivity index (χ0v) is 38.1. The Hall–Kier alpha value is -4.27. The van der Waals surface area contributed by atoms with Gasteiger partial charge in [0.2, 0.25) is 0 Å². The standard InChI is InChI=1S/C52H81NO7/c1-6-8-10-12-14-16-18-20-22-23-24-25-26-27-29-30-32-34-36-38-40-42-50(54)59-47-48(46-58-45-44-49(52(56)57)53(3,4)5)60-51(55)43-41-39-37-35-33-31-28-21-19-17-15-13-11-9-7-2/h9,11,13-17,19-22,24-25,27-29,31-34,48-49H,6-8,10,12,18,23,26,30,35-47H2,1-5H3/p+1/b11-9+,15-13+,16-14+,19-17+,22-20+,25-24+,28-21+,29-27+,33-31+,34-32+. The number of hydrogen-bond acceptors (Lipinski definition) is 6. The minimum absolute atomic E-state index is 0.0203. The molecule has 0 aliphatic carbocycles. The van der Waals surface area contributed by atoms with Gasteiger partial charge in [-0.05, 0) is 83.5 Å². The van der Waals surface area contributed by atoms with Crippen molar-refractivity contribution >= 4 is 17.9 Å². The first-order chi connectivity index (χ1) is 29.1. The number of carboxylic acid groups (broad SMARTS) is 1.